The van der Waals surface area contributed by atoms with Crippen molar-refractivity contribution in [3.63, 3.8) is 0 Å². The molecule has 0 aromatic heterocycles. The molecule has 0 aromatic rings. The van der Waals surface area contributed by atoms with Crippen LogP contribution in [-0.2, 0) is 19.2 Å². The van der Waals surface area contributed by atoms with Crippen LogP contribution in [0.5, 0.6) is 0 Å². The second-order valence-corrected chi connectivity index (χ2v) is 13.2. The highest BCUT2D eigenvalue weighted by molar-refractivity contribution is 5.93. The van der Waals surface area contributed by atoms with Gasteiger partial charge in [-0.1, -0.05) is 27.2 Å². The molecule has 2 saturated heterocycles. The Balaban J connectivity index is 1.71. The van der Waals surface area contributed by atoms with E-state index in [1.807, 2.05) is 19.2 Å². The topological polar surface area (TPSA) is 131 Å². The molecule has 12 heteroatoms. The van der Waals surface area contributed by atoms with Crippen molar-refractivity contribution in [1.29, 1.82) is 5.26 Å². The molecule has 4 atom stereocenters. The zero-order valence-electron chi connectivity index (χ0n) is 23.3. The summed E-state index contributed by atoms with van der Waals surface area (Å²) in [6, 6.07) is -0.988. The van der Waals surface area contributed by atoms with Crippen LogP contribution in [0.25, 0.3) is 0 Å². The van der Waals surface area contributed by atoms with E-state index < -0.39 is 53.2 Å². The largest absolute Gasteiger partial charge is 0.471 e. The maximum Gasteiger partial charge on any atom is 0.471 e. The third-order valence-corrected chi connectivity index (χ3v) is 8.35. The van der Waals surface area contributed by atoms with E-state index in [-0.39, 0.29) is 29.8 Å². The van der Waals surface area contributed by atoms with Gasteiger partial charge in [0, 0.05) is 18.0 Å². The predicted octanol–water partition coefficient (Wildman–Crippen LogP) is 2.60. The van der Waals surface area contributed by atoms with E-state index >= 15 is 0 Å². The van der Waals surface area contributed by atoms with Crippen molar-refractivity contribution >= 4 is 23.5 Å². The van der Waals surface area contributed by atoms with Crippen molar-refractivity contribution in [2.75, 3.05) is 13.1 Å². The molecule has 3 rings (SSSR count). The molecular weight excluding hydrogens is 515 g/mol. The van der Waals surface area contributed by atoms with Crippen molar-refractivity contribution < 1.29 is 32.3 Å². The molecule has 0 aromatic carbocycles. The number of nitrogens with one attached hydrogen (secondary N) is 3. The maximum atomic E-state index is 13.4. The van der Waals surface area contributed by atoms with Gasteiger partial charge in [-0.05, 0) is 63.2 Å². The Morgan fingerprint density at radius 2 is 1.79 bits per heavy atom. The summed E-state index contributed by atoms with van der Waals surface area (Å²) in [5, 5.41) is 17.2. The van der Waals surface area contributed by atoms with Crippen LogP contribution in [0.2, 0.25) is 0 Å². The summed E-state index contributed by atoms with van der Waals surface area (Å²) in [5.41, 5.74) is -1.48. The Labute approximate surface area is 227 Å². The number of carbonyl (C=O) groups is 4. The third-order valence-electron chi connectivity index (χ3n) is 8.35. The van der Waals surface area contributed by atoms with Gasteiger partial charge in [-0.15, -0.1) is 0 Å². The lowest BCUT2D eigenvalue weighted by atomic mass is 9.67. The van der Waals surface area contributed by atoms with E-state index in [1.54, 1.807) is 25.7 Å². The summed E-state index contributed by atoms with van der Waals surface area (Å²) >= 11 is 0. The fraction of sp³-hybridized carbons (Fsp3) is 0.815. The average molecular weight is 556 g/mol. The van der Waals surface area contributed by atoms with E-state index in [4.69, 9.17) is 0 Å². The van der Waals surface area contributed by atoms with Crippen molar-refractivity contribution in [1.82, 2.24) is 20.9 Å². The van der Waals surface area contributed by atoms with E-state index in [0.29, 0.717) is 19.4 Å². The molecule has 0 radical (unpaired) electrons. The number of halogens is 3. The average Bonchev–Trinajstić information content (AvgIpc) is 3.16. The first kappa shape index (κ1) is 30.9. The zero-order valence-corrected chi connectivity index (χ0v) is 23.3. The number of piperidine rings is 1. The Kier molecular flexibility index (Phi) is 8.75. The zero-order chi connectivity index (χ0) is 29.4. The predicted molar refractivity (Wildman–Crippen MR) is 136 cm³/mol. The van der Waals surface area contributed by atoms with Gasteiger partial charge in [-0.2, -0.15) is 18.4 Å². The van der Waals surface area contributed by atoms with Crippen LogP contribution < -0.4 is 16.0 Å². The first-order valence-electron chi connectivity index (χ1n) is 13.5. The number of Topliss-reactive ketones (excluding diaryl/α,β-unsaturated/α-hetero) is 1. The molecule has 218 valence electrons. The first-order valence-corrected chi connectivity index (χ1v) is 13.5. The molecule has 39 heavy (non-hydrogen) atoms. The number of hydrogen-bond acceptors (Lipinski definition) is 6. The van der Waals surface area contributed by atoms with Gasteiger partial charge in [0.1, 0.15) is 6.04 Å². The number of alkyl halides is 3. The standard InChI is InChI=1S/C27H40F3N5O4/c1-24(2,3)20(33-23(39)27(28,29)30)19(36)14-35-15-26(8-6-9-26)12-18(35)22(38)32-17(13-31)11-16-7-10-25(4,5)34-21(16)37/h16-18,20H,6-12,14-15H2,1-5H3,(H,32,38)(H,33,39)(H,34,37)/t16-,17-,18?,20+/m0/s1. The SMILES string of the molecule is CC1(C)CC[C@@H](C[C@@H](C#N)NC(=O)C2CC3(CCC3)CN2CC(=O)[C@@H](NC(=O)C(F)(F)F)C(C)(C)C)C(=O)N1. The van der Waals surface area contributed by atoms with Crippen molar-refractivity contribution in [3.8, 4) is 6.07 Å². The highest BCUT2D eigenvalue weighted by Crippen LogP contribution is 2.50. The maximum absolute atomic E-state index is 13.4. The van der Waals surface area contributed by atoms with Crippen LogP contribution in [0, 0.1) is 28.1 Å². The molecule has 3 fully saturated rings. The second-order valence-electron chi connectivity index (χ2n) is 13.2. The Bertz CT molecular complexity index is 1030. The fourth-order valence-corrected chi connectivity index (χ4v) is 5.98. The van der Waals surface area contributed by atoms with Gasteiger partial charge in [0.2, 0.25) is 11.8 Å². The lowest BCUT2D eigenvalue weighted by Gasteiger charge is -2.38. The molecule has 3 N–H and O–H groups in total. The number of carbonyl (C=O) groups excluding carboxylic acids is 4. The summed E-state index contributed by atoms with van der Waals surface area (Å²) in [5.74, 6) is -3.81. The van der Waals surface area contributed by atoms with E-state index in [2.05, 4.69) is 16.7 Å². The number of amides is 3. The Hall–Kier alpha value is -2.68. The molecular formula is C27H40F3N5O4. The minimum atomic E-state index is -5.13. The number of rotatable bonds is 8. The van der Waals surface area contributed by atoms with Crippen LogP contribution in [0.4, 0.5) is 13.2 Å². The molecule has 9 nitrogen and oxygen atoms in total. The molecule has 3 aliphatic rings. The van der Waals surface area contributed by atoms with Crippen molar-refractivity contribution in [3.05, 3.63) is 0 Å². The fourth-order valence-electron chi connectivity index (χ4n) is 5.98. The van der Waals surface area contributed by atoms with E-state index in [1.165, 1.54) is 0 Å². The second kappa shape index (κ2) is 11.1. The van der Waals surface area contributed by atoms with E-state index in [9.17, 15) is 37.6 Å². The minimum Gasteiger partial charge on any atom is -0.351 e. The normalized spacial score (nSPS) is 26.1. The quantitative estimate of drug-likeness (QED) is 0.422. The third kappa shape index (κ3) is 7.50. The molecule has 0 bridgehead atoms. The van der Waals surface area contributed by atoms with Crippen LogP contribution in [-0.4, -0.2) is 71.3 Å². The van der Waals surface area contributed by atoms with Gasteiger partial charge in [-0.25, -0.2) is 0 Å². The van der Waals surface area contributed by atoms with Crippen LogP contribution in [0.1, 0.15) is 79.6 Å². The molecule has 1 unspecified atom stereocenters. The lowest BCUT2D eigenvalue weighted by Crippen LogP contribution is -2.56. The van der Waals surface area contributed by atoms with Crippen LogP contribution in [0.15, 0.2) is 0 Å². The van der Waals surface area contributed by atoms with Gasteiger partial charge in [0.05, 0.1) is 24.7 Å². The monoisotopic (exact) mass is 555 g/mol. The number of hydrogen-bond donors (Lipinski definition) is 3. The molecule has 1 saturated carbocycles. The smallest absolute Gasteiger partial charge is 0.351 e. The molecule has 3 amide bonds. The highest BCUT2D eigenvalue weighted by atomic mass is 19.4. The summed E-state index contributed by atoms with van der Waals surface area (Å²) in [7, 11) is 0. The molecule has 2 heterocycles. The summed E-state index contributed by atoms with van der Waals surface area (Å²) in [6.07, 6.45) is -0.435. The summed E-state index contributed by atoms with van der Waals surface area (Å²) in [4.78, 5) is 52.5. The van der Waals surface area contributed by atoms with Crippen molar-refractivity contribution in [2.45, 2.75) is 109 Å². The lowest BCUT2D eigenvalue weighted by molar-refractivity contribution is -0.175. The van der Waals surface area contributed by atoms with E-state index in [0.717, 1.165) is 25.7 Å². The van der Waals surface area contributed by atoms with Crippen LogP contribution in [0.3, 0.4) is 0 Å². The number of likely N-dealkylation sites (tertiary alicyclic amines) is 1. The van der Waals surface area contributed by atoms with Gasteiger partial charge < -0.3 is 16.0 Å². The van der Waals surface area contributed by atoms with Gasteiger partial charge in [-0.3, -0.25) is 24.1 Å². The van der Waals surface area contributed by atoms with Crippen molar-refractivity contribution in [2.24, 2.45) is 16.7 Å². The highest BCUT2D eigenvalue weighted by Gasteiger charge is 2.51. The molecule has 1 aliphatic carbocycles. The van der Waals surface area contributed by atoms with Gasteiger partial charge in [0.15, 0.2) is 5.78 Å². The van der Waals surface area contributed by atoms with Gasteiger partial charge >= 0.3 is 12.1 Å². The number of ketones is 1. The molecule has 1 spiro atoms. The van der Waals surface area contributed by atoms with Crippen LogP contribution >= 0.6 is 0 Å². The van der Waals surface area contributed by atoms with Gasteiger partial charge in [0.25, 0.3) is 0 Å². The first-order chi connectivity index (χ1) is 17.9. The summed E-state index contributed by atoms with van der Waals surface area (Å²) < 4.78 is 38.8. The summed E-state index contributed by atoms with van der Waals surface area (Å²) in [6.45, 7) is 8.66. The Morgan fingerprint density at radius 1 is 1.15 bits per heavy atom. The number of nitriles is 1. The molecule has 2 aliphatic heterocycles. The Morgan fingerprint density at radius 3 is 2.28 bits per heavy atom. The number of nitrogens with zero attached hydrogens (tertiary/aromatic N) is 2. The minimum absolute atomic E-state index is 0.156.